The number of likely N-dealkylation sites (tertiary alicyclic amines) is 1. The minimum Gasteiger partial charge on any atom is -0.357 e. The summed E-state index contributed by atoms with van der Waals surface area (Å²) in [5.41, 5.74) is 6.60. The number of H-pyrrole nitrogens is 1. The minimum absolute atomic E-state index is 0.157. The molecule has 0 saturated carbocycles. The van der Waals surface area contributed by atoms with Gasteiger partial charge in [-0.1, -0.05) is 17.7 Å². The molecule has 2 aromatic heterocycles. The van der Waals surface area contributed by atoms with Crippen molar-refractivity contribution in [1.29, 1.82) is 0 Å². The van der Waals surface area contributed by atoms with E-state index in [-0.39, 0.29) is 11.6 Å². The van der Waals surface area contributed by atoms with Gasteiger partial charge in [0, 0.05) is 60.5 Å². The van der Waals surface area contributed by atoms with E-state index in [2.05, 4.69) is 71.6 Å². The number of hydrogen-bond donors (Lipinski definition) is 1. The summed E-state index contributed by atoms with van der Waals surface area (Å²) in [6.07, 6.45) is 1.18. The van der Waals surface area contributed by atoms with Crippen molar-refractivity contribution in [3.63, 3.8) is 0 Å². The number of likely N-dealkylation sites (N-methyl/N-ethyl adjacent to an activating group) is 1. The molecule has 3 atom stereocenters. The van der Waals surface area contributed by atoms with E-state index < -0.39 is 0 Å². The van der Waals surface area contributed by atoms with Crippen LogP contribution in [0.4, 0.5) is 0 Å². The summed E-state index contributed by atoms with van der Waals surface area (Å²) in [4.78, 5) is 21.3. The van der Waals surface area contributed by atoms with Crippen LogP contribution in [-0.2, 0) is 6.54 Å². The topological polar surface area (TPSA) is 44.3 Å². The van der Waals surface area contributed by atoms with Crippen LogP contribution >= 0.6 is 0 Å². The molecule has 0 amide bonds. The molecule has 3 aromatic rings. The molecule has 0 aliphatic carbocycles. The predicted molar refractivity (Wildman–Crippen MR) is 122 cm³/mol. The van der Waals surface area contributed by atoms with Gasteiger partial charge in [0.1, 0.15) is 0 Å². The van der Waals surface area contributed by atoms with Crippen molar-refractivity contribution in [1.82, 2.24) is 19.4 Å². The van der Waals surface area contributed by atoms with Crippen molar-refractivity contribution in [2.24, 2.45) is 5.92 Å². The number of aromatic amines is 1. The van der Waals surface area contributed by atoms with Crippen LogP contribution in [-0.4, -0.2) is 53.1 Å². The number of rotatable bonds is 4. The van der Waals surface area contributed by atoms with Gasteiger partial charge < -0.3 is 14.5 Å². The molecule has 2 aliphatic rings. The Morgan fingerprint density at radius 1 is 1.13 bits per heavy atom. The van der Waals surface area contributed by atoms with E-state index in [1.165, 1.54) is 39.8 Å². The Hall–Kier alpha value is -2.37. The SMILES string of the molecule is Cc1ccc2[nH]c(CN3C[C@H]4C[C@@H](C3)[C@H](CN(C)C)n3c4cccc3=O)c(C)c2c1. The molecule has 1 saturated heterocycles. The molecule has 30 heavy (non-hydrogen) atoms. The average molecular weight is 405 g/mol. The summed E-state index contributed by atoms with van der Waals surface area (Å²) < 4.78 is 2.10. The first-order chi connectivity index (χ1) is 14.4. The molecule has 158 valence electrons. The molecule has 1 fully saturated rings. The maximum atomic E-state index is 12.8. The van der Waals surface area contributed by atoms with Crippen LogP contribution in [0.25, 0.3) is 10.9 Å². The van der Waals surface area contributed by atoms with Gasteiger partial charge in [-0.25, -0.2) is 0 Å². The number of pyridine rings is 1. The highest BCUT2D eigenvalue weighted by Gasteiger charge is 2.40. The third-order valence-electron chi connectivity index (χ3n) is 7.13. The van der Waals surface area contributed by atoms with E-state index in [0.29, 0.717) is 11.8 Å². The number of benzene rings is 1. The van der Waals surface area contributed by atoms with Gasteiger partial charge in [-0.3, -0.25) is 9.69 Å². The zero-order chi connectivity index (χ0) is 21.0. The minimum atomic E-state index is 0.157. The Morgan fingerprint density at radius 2 is 1.97 bits per heavy atom. The molecule has 1 aromatic carbocycles. The first-order valence-electron chi connectivity index (χ1n) is 11.1. The van der Waals surface area contributed by atoms with Crippen molar-refractivity contribution < 1.29 is 0 Å². The van der Waals surface area contributed by atoms with Crippen molar-refractivity contribution >= 4 is 10.9 Å². The molecule has 2 aliphatic heterocycles. The predicted octanol–water partition coefficient (Wildman–Crippen LogP) is 3.67. The van der Waals surface area contributed by atoms with Gasteiger partial charge in [0.05, 0.1) is 6.04 Å². The van der Waals surface area contributed by atoms with Crippen molar-refractivity contribution in [2.45, 2.75) is 38.8 Å². The van der Waals surface area contributed by atoms with Crippen LogP contribution in [0.3, 0.4) is 0 Å². The number of aromatic nitrogens is 2. The third-order valence-corrected chi connectivity index (χ3v) is 7.13. The number of nitrogens with zero attached hydrogens (tertiary/aromatic N) is 3. The summed E-state index contributed by atoms with van der Waals surface area (Å²) in [5.74, 6) is 0.939. The lowest BCUT2D eigenvalue weighted by atomic mass is 9.78. The zero-order valence-corrected chi connectivity index (χ0v) is 18.5. The van der Waals surface area contributed by atoms with Gasteiger partial charge in [0.2, 0.25) is 0 Å². The van der Waals surface area contributed by atoms with Crippen LogP contribution in [0.1, 0.15) is 40.9 Å². The van der Waals surface area contributed by atoms with E-state index in [0.717, 1.165) is 26.2 Å². The molecule has 5 rings (SSSR count). The largest absolute Gasteiger partial charge is 0.357 e. The van der Waals surface area contributed by atoms with Crippen molar-refractivity contribution in [3.05, 3.63) is 69.3 Å². The van der Waals surface area contributed by atoms with Crippen molar-refractivity contribution in [3.8, 4) is 0 Å². The highest BCUT2D eigenvalue weighted by atomic mass is 16.1. The summed E-state index contributed by atoms with van der Waals surface area (Å²) >= 11 is 0. The van der Waals surface area contributed by atoms with Crippen LogP contribution in [0, 0.1) is 19.8 Å². The lowest BCUT2D eigenvalue weighted by Crippen LogP contribution is -2.51. The zero-order valence-electron chi connectivity index (χ0n) is 18.5. The normalized spacial score (nSPS) is 23.8. The molecule has 0 spiro atoms. The van der Waals surface area contributed by atoms with E-state index in [4.69, 9.17) is 0 Å². The molecule has 5 heteroatoms. The first-order valence-corrected chi connectivity index (χ1v) is 11.1. The molecular formula is C25H32N4O. The van der Waals surface area contributed by atoms with Gasteiger partial charge in [-0.15, -0.1) is 0 Å². The number of piperidine rings is 1. The van der Waals surface area contributed by atoms with E-state index in [1.807, 2.05) is 6.07 Å². The second-order valence-electron chi connectivity index (χ2n) is 9.65. The summed E-state index contributed by atoms with van der Waals surface area (Å²) in [6.45, 7) is 8.31. The van der Waals surface area contributed by atoms with E-state index in [9.17, 15) is 4.79 Å². The third kappa shape index (κ3) is 3.30. The van der Waals surface area contributed by atoms with Crippen LogP contribution in [0.2, 0.25) is 0 Å². The second-order valence-corrected chi connectivity index (χ2v) is 9.65. The van der Waals surface area contributed by atoms with Gasteiger partial charge in [-0.05, 0) is 64.0 Å². The summed E-state index contributed by atoms with van der Waals surface area (Å²) in [7, 11) is 4.21. The average Bonchev–Trinajstić information content (AvgIpc) is 3.00. The maximum Gasteiger partial charge on any atom is 0.251 e. The van der Waals surface area contributed by atoms with Crippen LogP contribution in [0.5, 0.6) is 0 Å². The number of aryl methyl sites for hydroxylation is 2. The Balaban J connectivity index is 1.47. The smallest absolute Gasteiger partial charge is 0.251 e. The molecular weight excluding hydrogens is 372 g/mol. The molecule has 5 nitrogen and oxygen atoms in total. The number of hydrogen-bond acceptors (Lipinski definition) is 3. The van der Waals surface area contributed by atoms with Gasteiger partial charge >= 0.3 is 0 Å². The quantitative estimate of drug-likeness (QED) is 0.722. The van der Waals surface area contributed by atoms with Crippen molar-refractivity contribution in [2.75, 3.05) is 33.7 Å². The lowest BCUT2D eigenvalue weighted by Gasteiger charge is -2.47. The van der Waals surface area contributed by atoms with Gasteiger partial charge in [0.25, 0.3) is 5.56 Å². The molecule has 4 heterocycles. The molecule has 0 unspecified atom stereocenters. The van der Waals surface area contributed by atoms with Gasteiger partial charge in [-0.2, -0.15) is 0 Å². The maximum absolute atomic E-state index is 12.8. The van der Waals surface area contributed by atoms with Gasteiger partial charge in [0.15, 0.2) is 0 Å². The standard InChI is InChI=1S/C25H32N4O/c1-16-8-9-21-20(10-16)17(2)22(26-21)14-28-12-18-11-19(13-28)24(15-27(3)4)29-23(18)6-5-7-25(29)30/h5-10,18-19,24,26H,11-15H2,1-4H3/t18-,19+,24+/m1/s1. The molecule has 2 bridgehead atoms. The fourth-order valence-corrected chi connectivity index (χ4v) is 5.75. The number of fused-ring (bicyclic) bond motifs is 5. The first kappa shape index (κ1) is 19.6. The Labute approximate surface area is 178 Å². The fourth-order valence-electron chi connectivity index (χ4n) is 5.75. The molecule has 1 N–H and O–H groups in total. The second kappa shape index (κ2) is 7.40. The highest BCUT2D eigenvalue weighted by molar-refractivity contribution is 5.85. The summed E-state index contributed by atoms with van der Waals surface area (Å²) in [5, 5.41) is 1.34. The monoisotopic (exact) mass is 404 g/mol. The fraction of sp³-hybridized carbons (Fsp3) is 0.480. The highest BCUT2D eigenvalue weighted by Crippen LogP contribution is 2.41. The Bertz CT molecular complexity index is 1140. The Morgan fingerprint density at radius 3 is 2.77 bits per heavy atom. The lowest BCUT2D eigenvalue weighted by molar-refractivity contribution is 0.0736. The Kier molecular flexibility index (Phi) is 4.83. The summed E-state index contributed by atoms with van der Waals surface area (Å²) in [6, 6.07) is 12.7. The van der Waals surface area contributed by atoms with Crippen LogP contribution < -0.4 is 5.56 Å². The van der Waals surface area contributed by atoms with Crippen LogP contribution in [0.15, 0.2) is 41.2 Å². The van der Waals surface area contributed by atoms with E-state index >= 15 is 0 Å². The molecule has 0 radical (unpaired) electrons. The number of nitrogens with one attached hydrogen (secondary N) is 1. The van der Waals surface area contributed by atoms with E-state index in [1.54, 1.807) is 6.07 Å².